The SMILES string of the molecule is CN1CCN(C(=O)Nc2cncc(-c3cnc4n[nH]c(-c5cc6c(C#N)cccc6[nH]5)c4c3)c2)CC1. The number of aromatic nitrogens is 5. The second-order valence-electron chi connectivity index (χ2n) is 8.94. The van der Waals surface area contributed by atoms with Crippen LogP contribution in [-0.2, 0) is 0 Å². The Morgan fingerprint density at radius 1 is 1.06 bits per heavy atom. The zero-order valence-corrected chi connectivity index (χ0v) is 19.6. The van der Waals surface area contributed by atoms with Crippen molar-refractivity contribution in [1.82, 2.24) is 34.9 Å². The maximum Gasteiger partial charge on any atom is 0.321 e. The Kier molecular flexibility index (Phi) is 5.32. The van der Waals surface area contributed by atoms with Crippen LogP contribution in [0.5, 0.6) is 0 Å². The number of nitriles is 1. The number of pyridine rings is 2. The summed E-state index contributed by atoms with van der Waals surface area (Å²) in [6, 6.07) is 13.6. The van der Waals surface area contributed by atoms with Gasteiger partial charge < -0.3 is 20.1 Å². The maximum atomic E-state index is 12.7. The number of rotatable bonds is 3. The minimum absolute atomic E-state index is 0.122. The smallest absolute Gasteiger partial charge is 0.321 e. The molecule has 0 saturated carbocycles. The lowest BCUT2D eigenvalue weighted by molar-refractivity contribution is 0.164. The highest BCUT2D eigenvalue weighted by molar-refractivity contribution is 5.97. The number of H-pyrrole nitrogens is 2. The van der Waals surface area contributed by atoms with Gasteiger partial charge in [-0.3, -0.25) is 10.1 Å². The zero-order chi connectivity index (χ0) is 24.6. The average molecular weight is 478 g/mol. The van der Waals surface area contributed by atoms with Crippen molar-refractivity contribution in [3.05, 3.63) is 60.6 Å². The molecule has 0 spiro atoms. The minimum atomic E-state index is -0.122. The van der Waals surface area contributed by atoms with Crippen molar-refractivity contribution in [3.8, 4) is 28.6 Å². The number of amides is 2. The van der Waals surface area contributed by atoms with Gasteiger partial charge in [-0.25, -0.2) is 9.78 Å². The molecule has 6 rings (SSSR count). The third-order valence-electron chi connectivity index (χ3n) is 6.58. The van der Waals surface area contributed by atoms with Crippen LogP contribution in [-0.4, -0.2) is 74.2 Å². The molecular weight excluding hydrogens is 454 g/mol. The lowest BCUT2D eigenvalue weighted by Crippen LogP contribution is -2.48. The largest absolute Gasteiger partial charge is 0.353 e. The molecule has 4 aromatic heterocycles. The first-order valence-corrected chi connectivity index (χ1v) is 11.7. The molecule has 3 N–H and O–H groups in total. The Bertz CT molecular complexity index is 1640. The van der Waals surface area contributed by atoms with Gasteiger partial charge in [-0.2, -0.15) is 10.4 Å². The maximum absolute atomic E-state index is 12.7. The summed E-state index contributed by atoms with van der Waals surface area (Å²) >= 11 is 0. The number of likely N-dealkylation sites (N-methyl/N-ethyl adjacent to an activating group) is 1. The third-order valence-corrected chi connectivity index (χ3v) is 6.58. The molecule has 1 aromatic carbocycles. The summed E-state index contributed by atoms with van der Waals surface area (Å²) in [5, 5.41) is 21.5. The van der Waals surface area contributed by atoms with E-state index in [9.17, 15) is 10.1 Å². The number of nitrogens with zero attached hydrogens (tertiary/aromatic N) is 6. The first-order chi connectivity index (χ1) is 17.6. The lowest BCUT2D eigenvalue weighted by Gasteiger charge is -2.32. The molecule has 5 aromatic rings. The Hall–Kier alpha value is -4.75. The van der Waals surface area contributed by atoms with Crippen molar-refractivity contribution in [2.24, 2.45) is 0 Å². The Labute approximate surface area is 206 Å². The summed E-state index contributed by atoms with van der Waals surface area (Å²) in [6.45, 7) is 3.11. The standard InChI is InChI=1S/C26H23N9O/c1-34-5-7-35(8-6-34)26(36)30-19-9-17(13-28-15-19)18-10-21-24(32-33-25(21)29-14-18)23-11-20-16(12-27)3-2-4-22(20)31-23/h2-4,9-11,13-15,31H,5-8H2,1H3,(H,30,36)(H,29,32,33). The molecule has 0 bridgehead atoms. The molecule has 1 saturated heterocycles. The summed E-state index contributed by atoms with van der Waals surface area (Å²) < 4.78 is 0. The number of benzene rings is 1. The van der Waals surface area contributed by atoms with E-state index in [1.807, 2.05) is 35.2 Å². The van der Waals surface area contributed by atoms with Crippen LogP contribution < -0.4 is 5.32 Å². The normalized spacial score (nSPS) is 14.3. The third kappa shape index (κ3) is 3.91. The van der Waals surface area contributed by atoms with E-state index >= 15 is 0 Å². The molecule has 0 aliphatic carbocycles. The van der Waals surface area contributed by atoms with Gasteiger partial charge in [0.25, 0.3) is 0 Å². The fourth-order valence-corrected chi connectivity index (χ4v) is 4.53. The molecule has 36 heavy (non-hydrogen) atoms. The van der Waals surface area contributed by atoms with E-state index in [1.165, 1.54) is 0 Å². The summed E-state index contributed by atoms with van der Waals surface area (Å²) in [5.41, 5.74) is 5.98. The van der Waals surface area contributed by atoms with Crippen molar-refractivity contribution in [3.63, 3.8) is 0 Å². The molecule has 2 amide bonds. The van der Waals surface area contributed by atoms with Crippen LogP contribution in [0.25, 0.3) is 44.5 Å². The minimum Gasteiger partial charge on any atom is -0.353 e. The summed E-state index contributed by atoms with van der Waals surface area (Å²) in [4.78, 5) is 29.0. The fraction of sp³-hybridized carbons (Fsp3) is 0.192. The van der Waals surface area contributed by atoms with Gasteiger partial charge in [-0.05, 0) is 37.4 Å². The molecule has 5 heterocycles. The number of piperazine rings is 1. The van der Waals surface area contributed by atoms with E-state index in [2.05, 4.69) is 48.5 Å². The molecule has 1 aliphatic heterocycles. The second-order valence-corrected chi connectivity index (χ2v) is 8.94. The lowest BCUT2D eigenvalue weighted by atomic mass is 10.1. The highest BCUT2D eigenvalue weighted by Crippen LogP contribution is 2.32. The highest BCUT2D eigenvalue weighted by Gasteiger charge is 2.19. The topological polar surface area (TPSA) is 130 Å². The van der Waals surface area contributed by atoms with Crippen LogP contribution in [0.3, 0.4) is 0 Å². The van der Waals surface area contributed by atoms with Gasteiger partial charge in [0.1, 0.15) is 0 Å². The van der Waals surface area contributed by atoms with E-state index in [4.69, 9.17) is 0 Å². The van der Waals surface area contributed by atoms with Crippen molar-refractivity contribution >= 4 is 33.7 Å². The van der Waals surface area contributed by atoms with Gasteiger partial charge in [0, 0.05) is 66.0 Å². The van der Waals surface area contributed by atoms with Crippen LogP contribution in [0.15, 0.2) is 55.0 Å². The molecule has 1 fully saturated rings. The zero-order valence-electron chi connectivity index (χ0n) is 19.6. The predicted molar refractivity (Wildman–Crippen MR) is 137 cm³/mol. The quantitative estimate of drug-likeness (QED) is 0.362. The molecule has 0 unspecified atom stereocenters. The predicted octanol–water partition coefficient (Wildman–Crippen LogP) is 3.82. The number of nitrogens with one attached hydrogen (secondary N) is 3. The van der Waals surface area contributed by atoms with Crippen molar-refractivity contribution < 1.29 is 4.79 Å². The molecule has 10 nitrogen and oxygen atoms in total. The average Bonchev–Trinajstić information content (AvgIpc) is 3.52. The van der Waals surface area contributed by atoms with Gasteiger partial charge in [0.2, 0.25) is 0 Å². The van der Waals surface area contributed by atoms with Crippen LogP contribution in [0.1, 0.15) is 5.56 Å². The molecule has 10 heteroatoms. The van der Waals surface area contributed by atoms with Gasteiger partial charge in [0.15, 0.2) is 5.65 Å². The Morgan fingerprint density at radius 3 is 2.72 bits per heavy atom. The fourth-order valence-electron chi connectivity index (χ4n) is 4.53. The molecule has 178 valence electrons. The van der Waals surface area contributed by atoms with Gasteiger partial charge in [0.05, 0.1) is 34.9 Å². The number of hydrogen-bond donors (Lipinski definition) is 3. The number of hydrogen-bond acceptors (Lipinski definition) is 6. The Morgan fingerprint density at radius 2 is 1.89 bits per heavy atom. The first-order valence-electron chi connectivity index (χ1n) is 11.7. The van der Waals surface area contributed by atoms with E-state index in [1.54, 1.807) is 24.7 Å². The number of carbonyl (C=O) groups excluding carboxylic acids is 1. The number of anilines is 1. The summed E-state index contributed by atoms with van der Waals surface area (Å²) in [7, 11) is 2.06. The number of carbonyl (C=O) groups is 1. The number of aromatic amines is 2. The first kappa shape index (κ1) is 21.8. The highest BCUT2D eigenvalue weighted by atomic mass is 16.2. The van der Waals surface area contributed by atoms with Crippen molar-refractivity contribution in [2.75, 3.05) is 38.5 Å². The number of urea groups is 1. The molecular formula is C26H23N9O. The summed E-state index contributed by atoms with van der Waals surface area (Å²) in [6.07, 6.45) is 5.13. The van der Waals surface area contributed by atoms with E-state index < -0.39 is 0 Å². The summed E-state index contributed by atoms with van der Waals surface area (Å²) in [5.74, 6) is 0. The van der Waals surface area contributed by atoms with Gasteiger partial charge >= 0.3 is 6.03 Å². The van der Waals surface area contributed by atoms with E-state index in [0.717, 1.165) is 51.9 Å². The van der Waals surface area contributed by atoms with Crippen molar-refractivity contribution in [2.45, 2.75) is 0 Å². The molecule has 1 aliphatic rings. The molecule has 0 atom stereocenters. The Balaban J connectivity index is 1.31. The van der Waals surface area contributed by atoms with Crippen LogP contribution in [0.2, 0.25) is 0 Å². The monoisotopic (exact) mass is 477 g/mol. The number of fused-ring (bicyclic) bond motifs is 2. The van der Waals surface area contributed by atoms with E-state index in [0.29, 0.717) is 30.0 Å². The molecule has 0 radical (unpaired) electrons. The second kappa shape index (κ2) is 8.79. The van der Waals surface area contributed by atoms with Gasteiger partial charge in [-0.15, -0.1) is 0 Å². The van der Waals surface area contributed by atoms with Gasteiger partial charge in [-0.1, -0.05) is 6.07 Å². The van der Waals surface area contributed by atoms with Crippen LogP contribution in [0, 0.1) is 11.3 Å². The van der Waals surface area contributed by atoms with Crippen LogP contribution >= 0.6 is 0 Å². The van der Waals surface area contributed by atoms with E-state index in [-0.39, 0.29) is 6.03 Å². The van der Waals surface area contributed by atoms with Crippen molar-refractivity contribution in [1.29, 1.82) is 5.26 Å². The van der Waals surface area contributed by atoms with Crippen LogP contribution in [0.4, 0.5) is 10.5 Å².